The van der Waals surface area contributed by atoms with E-state index in [0.717, 1.165) is 64.2 Å². The molecule has 2 aliphatic heterocycles. The number of morpholine rings is 1. The molecule has 0 saturated carbocycles. The molecule has 2 amide bonds. The zero-order valence-corrected chi connectivity index (χ0v) is 16.3. The van der Waals surface area contributed by atoms with Crippen molar-refractivity contribution in [3.05, 3.63) is 29.8 Å². The minimum absolute atomic E-state index is 0.0633. The van der Waals surface area contributed by atoms with Crippen LogP contribution < -0.4 is 5.32 Å². The van der Waals surface area contributed by atoms with Gasteiger partial charge in [-0.2, -0.15) is 0 Å². The highest BCUT2D eigenvalue weighted by molar-refractivity contribution is 5.97. The van der Waals surface area contributed by atoms with Crippen LogP contribution in [0.1, 0.15) is 38.2 Å². The molecule has 6 heteroatoms. The van der Waals surface area contributed by atoms with Crippen LogP contribution >= 0.6 is 0 Å². The van der Waals surface area contributed by atoms with Crippen LogP contribution in [0.5, 0.6) is 0 Å². The number of hydrogen-bond donors (Lipinski definition) is 1. The normalized spacial score (nSPS) is 21.1. The maximum absolute atomic E-state index is 12.7. The minimum atomic E-state index is -0.341. The Balaban J connectivity index is 1.52. The van der Waals surface area contributed by atoms with Crippen molar-refractivity contribution >= 4 is 17.5 Å². The predicted molar refractivity (Wildman–Crippen MR) is 106 cm³/mol. The lowest BCUT2D eigenvalue weighted by atomic mass is 10.0. The fraction of sp³-hybridized carbons (Fsp3) is 0.619. The first-order valence-corrected chi connectivity index (χ1v) is 10.2. The number of hydrogen-bond acceptors (Lipinski definition) is 4. The number of anilines is 1. The van der Waals surface area contributed by atoms with Gasteiger partial charge in [0.1, 0.15) is 6.04 Å². The first-order valence-electron chi connectivity index (χ1n) is 10.2. The average Bonchev–Trinajstić information content (AvgIpc) is 2.73. The van der Waals surface area contributed by atoms with Gasteiger partial charge in [-0.3, -0.25) is 14.5 Å². The van der Waals surface area contributed by atoms with Gasteiger partial charge in [0, 0.05) is 38.3 Å². The summed E-state index contributed by atoms with van der Waals surface area (Å²) in [6, 6.07) is 7.73. The summed E-state index contributed by atoms with van der Waals surface area (Å²) < 4.78 is 5.38. The molecule has 3 rings (SSSR count). The van der Waals surface area contributed by atoms with Crippen molar-refractivity contribution in [1.29, 1.82) is 0 Å². The SMILES string of the molecule is CCC(=O)N1CCCCC1C(=O)Nc1ccc(CCN2CCOCC2)cc1. The first kappa shape index (κ1) is 19.8. The first-order chi connectivity index (χ1) is 13.2. The Bertz CT molecular complexity index is 626. The van der Waals surface area contributed by atoms with E-state index in [1.807, 2.05) is 19.1 Å². The summed E-state index contributed by atoms with van der Waals surface area (Å²) in [7, 11) is 0. The molecule has 0 aliphatic carbocycles. The van der Waals surface area contributed by atoms with Gasteiger partial charge in [-0.05, 0) is 43.4 Å². The van der Waals surface area contributed by atoms with Gasteiger partial charge in [-0.1, -0.05) is 19.1 Å². The molecule has 148 valence electrons. The van der Waals surface area contributed by atoms with Crippen molar-refractivity contribution in [2.24, 2.45) is 0 Å². The van der Waals surface area contributed by atoms with Crippen LogP contribution in [0.25, 0.3) is 0 Å². The van der Waals surface area contributed by atoms with Crippen molar-refractivity contribution in [3.63, 3.8) is 0 Å². The standard InChI is InChI=1S/C21H31N3O3/c1-2-20(25)24-11-4-3-5-19(24)21(26)22-18-8-6-17(7-9-18)10-12-23-13-15-27-16-14-23/h6-9,19H,2-5,10-16H2,1H3,(H,22,26). The van der Waals surface area contributed by atoms with Crippen molar-refractivity contribution in [1.82, 2.24) is 9.80 Å². The Morgan fingerprint density at radius 3 is 2.56 bits per heavy atom. The van der Waals surface area contributed by atoms with Crippen molar-refractivity contribution in [3.8, 4) is 0 Å². The summed E-state index contributed by atoms with van der Waals surface area (Å²) in [5, 5.41) is 2.99. The van der Waals surface area contributed by atoms with E-state index >= 15 is 0 Å². The molecule has 0 radical (unpaired) electrons. The van der Waals surface area contributed by atoms with Gasteiger partial charge in [0.25, 0.3) is 0 Å². The lowest BCUT2D eigenvalue weighted by Crippen LogP contribution is -2.49. The van der Waals surface area contributed by atoms with Gasteiger partial charge in [0.15, 0.2) is 0 Å². The van der Waals surface area contributed by atoms with Crippen LogP contribution in [0.3, 0.4) is 0 Å². The van der Waals surface area contributed by atoms with E-state index in [9.17, 15) is 9.59 Å². The molecule has 1 aromatic rings. The molecule has 1 atom stereocenters. The smallest absolute Gasteiger partial charge is 0.247 e. The van der Waals surface area contributed by atoms with E-state index in [1.54, 1.807) is 4.90 Å². The van der Waals surface area contributed by atoms with Crippen molar-refractivity contribution in [2.75, 3.05) is 44.7 Å². The number of benzene rings is 1. The summed E-state index contributed by atoms with van der Waals surface area (Å²) in [5.74, 6) is -0.00845. The number of ether oxygens (including phenoxy) is 1. The lowest BCUT2D eigenvalue weighted by Gasteiger charge is -2.34. The molecule has 2 fully saturated rings. The molecule has 2 aliphatic rings. The van der Waals surface area contributed by atoms with Gasteiger partial charge >= 0.3 is 0 Å². The summed E-state index contributed by atoms with van der Waals surface area (Å²) in [6.45, 7) is 7.22. The molecular weight excluding hydrogens is 342 g/mol. The molecule has 0 aromatic heterocycles. The third kappa shape index (κ3) is 5.53. The number of likely N-dealkylation sites (tertiary alicyclic amines) is 1. The molecule has 0 spiro atoms. The van der Waals surface area contributed by atoms with Gasteiger partial charge in [-0.15, -0.1) is 0 Å². The summed E-state index contributed by atoms with van der Waals surface area (Å²) in [4.78, 5) is 29.0. The fourth-order valence-electron chi connectivity index (χ4n) is 3.80. The van der Waals surface area contributed by atoms with Crippen LogP contribution in [0.4, 0.5) is 5.69 Å². The number of carbonyl (C=O) groups excluding carboxylic acids is 2. The van der Waals surface area contributed by atoms with Gasteiger partial charge in [0.2, 0.25) is 11.8 Å². The van der Waals surface area contributed by atoms with Gasteiger partial charge in [-0.25, -0.2) is 0 Å². The monoisotopic (exact) mass is 373 g/mol. The molecule has 1 N–H and O–H groups in total. The second kappa shape index (κ2) is 9.85. The predicted octanol–water partition coefficient (Wildman–Crippen LogP) is 2.29. The van der Waals surface area contributed by atoms with E-state index in [0.29, 0.717) is 13.0 Å². The summed E-state index contributed by atoms with van der Waals surface area (Å²) in [6.07, 6.45) is 4.16. The largest absolute Gasteiger partial charge is 0.379 e. The highest BCUT2D eigenvalue weighted by Crippen LogP contribution is 2.20. The average molecular weight is 373 g/mol. The zero-order valence-electron chi connectivity index (χ0n) is 16.3. The summed E-state index contributed by atoms with van der Waals surface area (Å²) >= 11 is 0. The van der Waals surface area contributed by atoms with Crippen molar-refractivity contribution in [2.45, 2.75) is 45.1 Å². The van der Waals surface area contributed by atoms with E-state index < -0.39 is 0 Å². The molecule has 6 nitrogen and oxygen atoms in total. The van der Waals surface area contributed by atoms with Crippen LogP contribution in [-0.4, -0.2) is 67.0 Å². The third-order valence-electron chi connectivity index (χ3n) is 5.47. The maximum atomic E-state index is 12.7. The molecule has 0 bridgehead atoms. The minimum Gasteiger partial charge on any atom is -0.379 e. The van der Waals surface area contributed by atoms with E-state index in [-0.39, 0.29) is 17.9 Å². The molecule has 2 heterocycles. The molecular formula is C21H31N3O3. The Morgan fingerprint density at radius 2 is 1.85 bits per heavy atom. The quantitative estimate of drug-likeness (QED) is 0.831. The third-order valence-corrected chi connectivity index (χ3v) is 5.47. The van der Waals surface area contributed by atoms with Crippen LogP contribution in [0, 0.1) is 0 Å². The lowest BCUT2D eigenvalue weighted by molar-refractivity contribution is -0.140. The fourth-order valence-corrected chi connectivity index (χ4v) is 3.80. The number of piperidine rings is 1. The number of rotatable bonds is 6. The van der Waals surface area contributed by atoms with Crippen molar-refractivity contribution < 1.29 is 14.3 Å². The second-order valence-electron chi connectivity index (χ2n) is 7.34. The van der Waals surface area contributed by atoms with Crippen LogP contribution in [-0.2, 0) is 20.7 Å². The Labute approximate surface area is 161 Å². The number of carbonyl (C=O) groups is 2. The van der Waals surface area contributed by atoms with Crippen LogP contribution in [0.2, 0.25) is 0 Å². The van der Waals surface area contributed by atoms with E-state index in [4.69, 9.17) is 4.74 Å². The van der Waals surface area contributed by atoms with E-state index in [2.05, 4.69) is 22.3 Å². The Hall–Kier alpha value is -1.92. The second-order valence-corrected chi connectivity index (χ2v) is 7.34. The molecule has 1 aromatic carbocycles. The van der Waals surface area contributed by atoms with Gasteiger partial charge < -0.3 is 15.0 Å². The maximum Gasteiger partial charge on any atom is 0.247 e. The number of amides is 2. The molecule has 1 unspecified atom stereocenters. The molecule has 2 saturated heterocycles. The highest BCUT2D eigenvalue weighted by Gasteiger charge is 2.31. The number of nitrogens with zero attached hydrogens (tertiary/aromatic N) is 2. The van der Waals surface area contributed by atoms with Crippen LogP contribution in [0.15, 0.2) is 24.3 Å². The zero-order chi connectivity index (χ0) is 19.1. The Morgan fingerprint density at radius 1 is 1.11 bits per heavy atom. The highest BCUT2D eigenvalue weighted by atomic mass is 16.5. The molecule has 27 heavy (non-hydrogen) atoms. The van der Waals surface area contributed by atoms with E-state index in [1.165, 1.54) is 5.56 Å². The topological polar surface area (TPSA) is 61.9 Å². The number of nitrogens with one attached hydrogen (secondary N) is 1. The summed E-state index contributed by atoms with van der Waals surface area (Å²) in [5.41, 5.74) is 2.06. The Kier molecular flexibility index (Phi) is 7.24. The van der Waals surface area contributed by atoms with Gasteiger partial charge in [0.05, 0.1) is 13.2 Å².